The van der Waals surface area contributed by atoms with Gasteiger partial charge in [0.1, 0.15) is 5.75 Å². The summed E-state index contributed by atoms with van der Waals surface area (Å²) < 4.78 is 9.61. The third-order valence-electron chi connectivity index (χ3n) is 2.92. The van der Waals surface area contributed by atoms with Crippen molar-refractivity contribution in [2.24, 2.45) is 0 Å². The number of hydrogen-bond donors (Lipinski definition) is 3. The molecule has 0 unspecified atom stereocenters. The molecule has 0 bridgehead atoms. The van der Waals surface area contributed by atoms with Crippen LogP contribution < -0.4 is 21.1 Å². The minimum Gasteiger partial charge on any atom is -0.495 e. The zero-order valence-electron chi connectivity index (χ0n) is 12.6. The van der Waals surface area contributed by atoms with Gasteiger partial charge in [-0.15, -0.1) is 12.4 Å². The summed E-state index contributed by atoms with van der Waals surface area (Å²) in [7, 11) is 1.54. The Bertz CT molecular complexity index is 695. The van der Waals surface area contributed by atoms with E-state index in [1.54, 1.807) is 12.1 Å². The molecule has 132 valence electrons. The zero-order valence-corrected chi connectivity index (χ0v) is 15.0. The second-order valence-electron chi connectivity index (χ2n) is 4.51. The molecule has 24 heavy (non-hydrogen) atoms. The number of nitrogens with one attached hydrogen (secondary N) is 2. The van der Waals surface area contributed by atoms with Crippen LogP contribution in [0, 0.1) is 0 Å². The fourth-order valence-corrected chi connectivity index (χ4v) is 2.51. The van der Waals surface area contributed by atoms with Crippen LogP contribution in [0.4, 0.5) is 5.82 Å². The van der Waals surface area contributed by atoms with Crippen LogP contribution in [-0.4, -0.2) is 36.4 Å². The van der Waals surface area contributed by atoms with Crippen LogP contribution in [0.5, 0.6) is 5.75 Å². The summed E-state index contributed by atoms with van der Waals surface area (Å²) in [6.07, 6.45) is 0. The van der Waals surface area contributed by atoms with Crippen LogP contribution in [0.3, 0.4) is 0 Å². The third kappa shape index (κ3) is 5.13. The number of aromatic nitrogens is 2. The van der Waals surface area contributed by atoms with Gasteiger partial charge < -0.3 is 21.1 Å². The lowest BCUT2D eigenvalue weighted by Gasteiger charge is -2.12. The number of nitrogen functional groups attached to an aromatic ring is 1. The van der Waals surface area contributed by atoms with Crippen LogP contribution >= 0.6 is 35.6 Å². The molecule has 0 fully saturated rings. The number of halogens is 3. The monoisotopic (exact) mass is 395 g/mol. The van der Waals surface area contributed by atoms with E-state index in [2.05, 4.69) is 25.6 Å². The van der Waals surface area contributed by atoms with E-state index in [1.165, 1.54) is 7.11 Å². The van der Waals surface area contributed by atoms with E-state index in [0.29, 0.717) is 35.4 Å². The molecule has 8 nitrogen and oxygen atoms in total. The van der Waals surface area contributed by atoms with Gasteiger partial charge in [-0.1, -0.05) is 23.2 Å². The summed E-state index contributed by atoms with van der Waals surface area (Å²) in [6.45, 7) is 1.35. The fraction of sp³-hybridized carbons (Fsp3) is 0.308. The Kier molecular flexibility index (Phi) is 8.06. The number of nitrogens with two attached hydrogens (primary N) is 1. The number of benzene rings is 1. The number of carbonyl (C=O) groups is 1. The van der Waals surface area contributed by atoms with Crippen molar-refractivity contribution in [1.29, 1.82) is 0 Å². The van der Waals surface area contributed by atoms with Crippen LogP contribution in [0.25, 0.3) is 0 Å². The van der Waals surface area contributed by atoms with Gasteiger partial charge >= 0.3 is 0 Å². The molecular formula is C13H16Cl3N5O3. The smallest absolute Gasteiger partial charge is 0.277 e. The van der Waals surface area contributed by atoms with Crippen molar-refractivity contribution >= 4 is 47.3 Å². The first-order valence-electron chi connectivity index (χ1n) is 6.61. The van der Waals surface area contributed by atoms with Crippen molar-refractivity contribution in [1.82, 2.24) is 20.9 Å². The summed E-state index contributed by atoms with van der Waals surface area (Å²) in [5.74, 6) is 0.0664. The van der Waals surface area contributed by atoms with Crippen molar-refractivity contribution in [3.05, 3.63) is 33.4 Å². The normalized spacial score (nSPS) is 10.1. The predicted molar refractivity (Wildman–Crippen MR) is 93.0 cm³/mol. The van der Waals surface area contributed by atoms with Crippen molar-refractivity contribution in [3.63, 3.8) is 0 Å². The summed E-state index contributed by atoms with van der Waals surface area (Å²) in [5.41, 5.74) is 6.21. The van der Waals surface area contributed by atoms with Gasteiger partial charge in [-0.25, -0.2) is 4.63 Å². The summed E-state index contributed by atoms with van der Waals surface area (Å²) in [4.78, 5) is 11.7. The molecule has 2 aromatic rings. The molecule has 0 atom stereocenters. The molecule has 1 aromatic heterocycles. The molecule has 2 rings (SSSR count). The van der Waals surface area contributed by atoms with Gasteiger partial charge in [-0.2, -0.15) is 0 Å². The van der Waals surface area contributed by atoms with E-state index < -0.39 is 5.91 Å². The maximum absolute atomic E-state index is 11.7. The molecule has 0 saturated heterocycles. The van der Waals surface area contributed by atoms with E-state index in [1.807, 2.05) is 0 Å². The average Bonchev–Trinajstić information content (AvgIpc) is 2.92. The van der Waals surface area contributed by atoms with E-state index >= 15 is 0 Å². The zero-order chi connectivity index (χ0) is 16.8. The predicted octanol–water partition coefficient (Wildman–Crippen LogP) is 1.91. The fourth-order valence-electron chi connectivity index (χ4n) is 1.90. The molecule has 0 saturated carbocycles. The van der Waals surface area contributed by atoms with E-state index in [0.717, 1.165) is 5.56 Å². The van der Waals surface area contributed by atoms with Gasteiger partial charge in [0.15, 0.2) is 0 Å². The summed E-state index contributed by atoms with van der Waals surface area (Å²) >= 11 is 12.0. The standard InChI is InChI=1S/C13H15Cl2N5O3.ClH/c1-22-11-7(4-8(14)5-9(11)15)6-17-2-3-18-13(21)10-12(16)20-23-19-10;/h4-5,17H,2-3,6H2,1H3,(H2,16,20)(H,18,21);1H. The number of nitrogens with zero attached hydrogens (tertiary/aromatic N) is 2. The molecule has 0 aliphatic rings. The lowest BCUT2D eigenvalue weighted by Crippen LogP contribution is -2.32. The molecule has 0 aliphatic carbocycles. The van der Waals surface area contributed by atoms with Gasteiger partial charge in [-0.3, -0.25) is 4.79 Å². The Morgan fingerprint density at radius 3 is 2.71 bits per heavy atom. The highest BCUT2D eigenvalue weighted by Gasteiger charge is 2.15. The van der Waals surface area contributed by atoms with Crippen LogP contribution in [0.2, 0.25) is 10.0 Å². The molecule has 1 aromatic carbocycles. The van der Waals surface area contributed by atoms with Gasteiger partial charge in [0.25, 0.3) is 5.91 Å². The number of ether oxygens (including phenoxy) is 1. The Labute approximate surface area is 154 Å². The number of hydrogen-bond acceptors (Lipinski definition) is 7. The maximum Gasteiger partial charge on any atom is 0.277 e. The lowest BCUT2D eigenvalue weighted by atomic mass is 10.2. The number of carbonyl (C=O) groups excluding carboxylic acids is 1. The third-order valence-corrected chi connectivity index (χ3v) is 3.42. The van der Waals surface area contributed by atoms with E-state index in [-0.39, 0.29) is 23.9 Å². The lowest BCUT2D eigenvalue weighted by molar-refractivity contribution is 0.0944. The van der Waals surface area contributed by atoms with Crippen molar-refractivity contribution in [3.8, 4) is 5.75 Å². The minimum atomic E-state index is -0.450. The molecule has 1 amide bonds. The van der Waals surface area contributed by atoms with Crippen LogP contribution in [0.15, 0.2) is 16.8 Å². The second-order valence-corrected chi connectivity index (χ2v) is 5.35. The van der Waals surface area contributed by atoms with E-state index in [4.69, 9.17) is 33.7 Å². The molecule has 0 aliphatic heterocycles. The number of amides is 1. The number of anilines is 1. The summed E-state index contributed by atoms with van der Waals surface area (Å²) in [5, 5.41) is 13.5. The second kappa shape index (κ2) is 9.53. The van der Waals surface area contributed by atoms with Crippen molar-refractivity contribution in [2.45, 2.75) is 6.54 Å². The molecule has 0 spiro atoms. The Morgan fingerprint density at radius 2 is 2.08 bits per heavy atom. The first-order chi connectivity index (χ1) is 11.0. The first-order valence-corrected chi connectivity index (χ1v) is 7.37. The Morgan fingerprint density at radius 1 is 1.33 bits per heavy atom. The van der Waals surface area contributed by atoms with Gasteiger partial charge in [0.05, 0.1) is 12.1 Å². The minimum absolute atomic E-state index is 0. The molecule has 4 N–H and O–H groups in total. The SMILES string of the molecule is COc1c(Cl)cc(Cl)cc1CNCCNC(=O)c1nonc1N.Cl. The van der Waals surface area contributed by atoms with Gasteiger partial charge in [0.2, 0.25) is 11.5 Å². The summed E-state index contributed by atoms with van der Waals surface area (Å²) in [6, 6.07) is 3.38. The Balaban J connectivity index is 0.00000288. The van der Waals surface area contributed by atoms with Crippen LogP contribution in [-0.2, 0) is 6.54 Å². The highest BCUT2D eigenvalue weighted by molar-refractivity contribution is 6.35. The van der Waals surface area contributed by atoms with Gasteiger partial charge in [0, 0.05) is 30.2 Å². The molecule has 11 heteroatoms. The van der Waals surface area contributed by atoms with Gasteiger partial charge in [-0.05, 0) is 22.4 Å². The Hall–Kier alpha value is -1.74. The number of rotatable bonds is 7. The quantitative estimate of drug-likeness (QED) is 0.612. The van der Waals surface area contributed by atoms with E-state index in [9.17, 15) is 4.79 Å². The molecular weight excluding hydrogens is 381 g/mol. The molecule has 1 heterocycles. The largest absolute Gasteiger partial charge is 0.495 e. The molecule has 0 radical (unpaired) electrons. The van der Waals surface area contributed by atoms with Crippen molar-refractivity contribution < 1.29 is 14.2 Å². The van der Waals surface area contributed by atoms with Crippen LogP contribution in [0.1, 0.15) is 16.1 Å². The highest BCUT2D eigenvalue weighted by Crippen LogP contribution is 2.31. The topological polar surface area (TPSA) is 115 Å². The first kappa shape index (κ1) is 20.3. The highest BCUT2D eigenvalue weighted by atomic mass is 35.5. The van der Waals surface area contributed by atoms with Crippen molar-refractivity contribution in [2.75, 3.05) is 25.9 Å². The maximum atomic E-state index is 11.7. The average molecular weight is 397 g/mol. The number of methoxy groups -OCH3 is 1.